The lowest BCUT2D eigenvalue weighted by Crippen LogP contribution is -2.53. The van der Waals surface area contributed by atoms with Crippen LogP contribution in [0.15, 0.2) is 24.3 Å². The Morgan fingerprint density at radius 3 is 2.74 bits per heavy atom. The van der Waals surface area contributed by atoms with E-state index in [1.165, 1.54) is 4.90 Å². The number of carbonyl (C=O) groups excluding carboxylic acids is 1. The Balaban J connectivity index is 1.61. The quantitative estimate of drug-likeness (QED) is 0.874. The molecule has 0 radical (unpaired) electrons. The van der Waals surface area contributed by atoms with E-state index in [2.05, 4.69) is 5.32 Å². The number of fused-ring (bicyclic) bond motifs is 1. The van der Waals surface area contributed by atoms with Crippen LogP contribution >= 0.6 is 0 Å². The summed E-state index contributed by atoms with van der Waals surface area (Å²) in [5, 5.41) is 12.7. The summed E-state index contributed by atoms with van der Waals surface area (Å²) in [6, 6.07) is 7.18. The van der Waals surface area contributed by atoms with Gasteiger partial charge in [-0.3, -0.25) is 0 Å². The number of ether oxygens (including phenoxy) is 1. The number of halogens is 2. The molecule has 126 valence electrons. The third-order valence-electron chi connectivity index (χ3n) is 4.59. The number of hydrogen-bond donors (Lipinski definition) is 2. The minimum atomic E-state index is -2.79. The fourth-order valence-electron chi connectivity index (χ4n) is 3.06. The van der Waals surface area contributed by atoms with Gasteiger partial charge >= 0.3 is 6.03 Å². The number of aliphatic hydroxyl groups is 1. The van der Waals surface area contributed by atoms with E-state index in [1.807, 2.05) is 24.3 Å². The zero-order chi connectivity index (χ0) is 16.4. The van der Waals surface area contributed by atoms with Gasteiger partial charge in [0.25, 0.3) is 6.43 Å². The molecular weight excluding hydrogens is 306 g/mol. The normalized spacial score (nSPS) is 23.5. The van der Waals surface area contributed by atoms with E-state index in [-0.39, 0.29) is 38.0 Å². The van der Waals surface area contributed by atoms with Crippen molar-refractivity contribution in [3.8, 4) is 0 Å². The first-order chi connectivity index (χ1) is 11.0. The molecule has 1 aromatic carbocycles. The number of nitrogens with one attached hydrogen (secondary N) is 1. The molecule has 5 nitrogen and oxygen atoms in total. The standard InChI is InChI=1S/C16H20F2N2O3/c17-14(18)16(22)5-7-20(8-6-16)15(21)19-13-10-23-9-11-3-1-2-4-12(11)13/h1-4,13-14,22H,5-10H2,(H,19,21). The van der Waals surface area contributed by atoms with Crippen LogP contribution in [0.2, 0.25) is 0 Å². The van der Waals surface area contributed by atoms with Gasteiger partial charge in [-0.2, -0.15) is 0 Å². The van der Waals surface area contributed by atoms with Gasteiger partial charge in [-0.15, -0.1) is 0 Å². The van der Waals surface area contributed by atoms with Gasteiger partial charge in [0.1, 0.15) is 5.60 Å². The van der Waals surface area contributed by atoms with Gasteiger partial charge in [0.05, 0.1) is 19.3 Å². The van der Waals surface area contributed by atoms with Crippen LogP contribution in [0.4, 0.5) is 13.6 Å². The number of rotatable bonds is 2. The first kappa shape index (κ1) is 16.1. The zero-order valence-corrected chi connectivity index (χ0v) is 12.7. The van der Waals surface area contributed by atoms with Crippen molar-refractivity contribution < 1.29 is 23.4 Å². The number of amides is 2. The fourth-order valence-corrected chi connectivity index (χ4v) is 3.06. The van der Waals surface area contributed by atoms with Crippen molar-refractivity contribution in [2.24, 2.45) is 0 Å². The minimum Gasteiger partial charge on any atom is -0.384 e. The Hall–Kier alpha value is -1.73. The van der Waals surface area contributed by atoms with E-state index in [4.69, 9.17) is 4.74 Å². The Kier molecular flexibility index (Phi) is 4.50. The first-order valence-corrected chi connectivity index (χ1v) is 7.71. The second kappa shape index (κ2) is 6.41. The van der Waals surface area contributed by atoms with Gasteiger partial charge in [0, 0.05) is 13.1 Å². The highest BCUT2D eigenvalue weighted by Gasteiger charge is 2.41. The lowest BCUT2D eigenvalue weighted by atomic mass is 9.92. The lowest BCUT2D eigenvalue weighted by molar-refractivity contribution is -0.122. The van der Waals surface area contributed by atoms with Crippen molar-refractivity contribution in [2.75, 3.05) is 19.7 Å². The van der Waals surface area contributed by atoms with Gasteiger partial charge in [0.2, 0.25) is 0 Å². The van der Waals surface area contributed by atoms with Crippen molar-refractivity contribution in [3.63, 3.8) is 0 Å². The molecule has 2 aliphatic rings. The smallest absolute Gasteiger partial charge is 0.317 e. The lowest BCUT2D eigenvalue weighted by Gasteiger charge is -2.38. The summed E-state index contributed by atoms with van der Waals surface area (Å²) < 4.78 is 31.1. The topological polar surface area (TPSA) is 61.8 Å². The van der Waals surface area contributed by atoms with Crippen LogP contribution in [0.1, 0.15) is 30.0 Å². The van der Waals surface area contributed by atoms with Crippen LogP contribution in [0.5, 0.6) is 0 Å². The highest BCUT2D eigenvalue weighted by molar-refractivity contribution is 5.75. The summed E-state index contributed by atoms with van der Waals surface area (Å²) in [6.07, 6.45) is -3.02. The molecule has 0 bridgehead atoms. The number of alkyl halides is 2. The van der Waals surface area contributed by atoms with Crippen LogP contribution in [0, 0.1) is 0 Å². The molecule has 1 unspecified atom stereocenters. The molecule has 23 heavy (non-hydrogen) atoms. The molecule has 1 saturated heterocycles. The summed E-state index contributed by atoms with van der Waals surface area (Å²) >= 11 is 0. The minimum absolute atomic E-state index is 0.113. The predicted octanol–water partition coefficient (Wildman–Crippen LogP) is 2.06. The molecule has 0 saturated carbocycles. The third kappa shape index (κ3) is 3.30. The molecule has 1 aromatic rings. The van der Waals surface area contributed by atoms with Crippen LogP contribution < -0.4 is 5.32 Å². The summed E-state index contributed by atoms with van der Waals surface area (Å²) in [4.78, 5) is 13.8. The molecule has 3 rings (SSSR count). The van der Waals surface area contributed by atoms with Crippen molar-refractivity contribution in [1.29, 1.82) is 0 Å². The van der Waals surface area contributed by atoms with Crippen molar-refractivity contribution in [1.82, 2.24) is 10.2 Å². The number of nitrogens with zero attached hydrogens (tertiary/aromatic N) is 1. The van der Waals surface area contributed by atoms with Crippen molar-refractivity contribution >= 4 is 6.03 Å². The number of urea groups is 1. The number of likely N-dealkylation sites (tertiary alicyclic amines) is 1. The van der Waals surface area contributed by atoms with Gasteiger partial charge in [-0.1, -0.05) is 24.3 Å². The maximum absolute atomic E-state index is 12.8. The molecule has 2 heterocycles. The van der Waals surface area contributed by atoms with Crippen LogP contribution in [0.3, 0.4) is 0 Å². The van der Waals surface area contributed by atoms with Crippen LogP contribution in [-0.4, -0.2) is 47.8 Å². The van der Waals surface area contributed by atoms with E-state index in [9.17, 15) is 18.7 Å². The van der Waals surface area contributed by atoms with Gasteiger partial charge in [-0.25, -0.2) is 13.6 Å². The zero-order valence-electron chi connectivity index (χ0n) is 12.7. The van der Waals surface area contributed by atoms with E-state index < -0.39 is 12.0 Å². The summed E-state index contributed by atoms with van der Waals surface area (Å²) in [5.41, 5.74) is 0.0834. The Labute approximate surface area is 133 Å². The number of carbonyl (C=O) groups is 1. The van der Waals surface area contributed by atoms with E-state index in [0.29, 0.717) is 13.2 Å². The van der Waals surface area contributed by atoms with Crippen LogP contribution in [0.25, 0.3) is 0 Å². The van der Waals surface area contributed by atoms with E-state index in [0.717, 1.165) is 11.1 Å². The SMILES string of the molecule is O=C(NC1COCc2ccccc21)N1CCC(O)(C(F)F)CC1. The molecule has 0 aromatic heterocycles. The molecule has 2 N–H and O–H groups in total. The Bertz CT molecular complexity index is 574. The second-order valence-electron chi connectivity index (χ2n) is 6.11. The number of benzene rings is 1. The fraction of sp³-hybridized carbons (Fsp3) is 0.562. The van der Waals surface area contributed by atoms with E-state index >= 15 is 0 Å². The number of hydrogen-bond acceptors (Lipinski definition) is 3. The van der Waals surface area contributed by atoms with Gasteiger partial charge in [0.15, 0.2) is 0 Å². The highest BCUT2D eigenvalue weighted by Crippen LogP contribution is 2.29. The predicted molar refractivity (Wildman–Crippen MR) is 79.1 cm³/mol. The first-order valence-electron chi connectivity index (χ1n) is 7.71. The summed E-state index contributed by atoms with van der Waals surface area (Å²) in [6.45, 7) is 1.13. The summed E-state index contributed by atoms with van der Waals surface area (Å²) in [5.74, 6) is 0. The largest absolute Gasteiger partial charge is 0.384 e. The summed E-state index contributed by atoms with van der Waals surface area (Å²) in [7, 11) is 0. The van der Waals surface area contributed by atoms with Crippen LogP contribution in [-0.2, 0) is 11.3 Å². The molecule has 2 aliphatic heterocycles. The molecular formula is C16H20F2N2O3. The van der Waals surface area contributed by atoms with E-state index in [1.54, 1.807) is 0 Å². The molecule has 0 spiro atoms. The van der Waals surface area contributed by atoms with Gasteiger partial charge < -0.3 is 20.1 Å². The Morgan fingerprint density at radius 2 is 2.04 bits per heavy atom. The molecule has 7 heteroatoms. The average Bonchev–Trinajstić information content (AvgIpc) is 2.55. The van der Waals surface area contributed by atoms with Crippen molar-refractivity contribution in [3.05, 3.63) is 35.4 Å². The maximum Gasteiger partial charge on any atom is 0.317 e. The highest BCUT2D eigenvalue weighted by atomic mass is 19.3. The monoisotopic (exact) mass is 326 g/mol. The molecule has 2 amide bonds. The molecule has 1 atom stereocenters. The molecule has 1 fully saturated rings. The van der Waals surface area contributed by atoms with Gasteiger partial charge in [-0.05, 0) is 24.0 Å². The molecule has 0 aliphatic carbocycles. The Morgan fingerprint density at radius 1 is 1.35 bits per heavy atom. The number of piperidine rings is 1. The third-order valence-corrected chi connectivity index (χ3v) is 4.59. The average molecular weight is 326 g/mol. The van der Waals surface area contributed by atoms with Crippen molar-refractivity contribution in [2.45, 2.75) is 37.5 Å². The second-order valence-corrected chi connectivity index (χ2v) is 6.11. The maximum atomic E-state index is 12.8.